The summed E-state index contributed by atoms with van der Waals surface area (Å²) in [4.78, 5) is 25.3. The Hall–Kier alpha value is -2.32. The quantitative estimate of drug-likeness (QED) is 0.175. The molecule has 0 radical (unpaired) electrons. The van der Waals surface area contributed by atoms with Crippen molar-refractivity contribution in [2.45, 2.75) is 82.8 Å². The maximum absolute atomic E-state index is 12.7. The van der Waals surface area contributed by atoms with Gasteiger partial charge < -0.3 is 49.2 Å². The van der Waals surface area contributed by atoms with Gasteiger partial charge in [-0.1, -0.05) is 24.6 Å². The van der Waals surface area contributed by atoms with E-state index < -0.39 is 79.6 Å². The molecule has 3 aliphatic heterocycles. The van der Waals surface area contributed by atoms with Crippen LogP contribution in [0.5, 0.6) is 0 Å². The zero-order chi connectivity index (χ0) is 28.0. The Balaban J connectivity index is 1.62. The average molecular weight is 543 g/mol. The number of aliphatic hydroxyl groups excluding tert-OH is 5. The summed E-state index contributed by atoms with van der Waals surface area (Å²) >= 11 is 0. The van der Waals surface area contributed by atoms with Crippen molar-refractivity contribution in [2.75, 3.05) is 13.2 Å². The average Bonchev–Trinajstić information content (AvgIpc) is 2.88. The van der Waals surface area contributed by atoms with Gasteiger partial charge in [0.25, 0.3) is 0 Å². The Morgan fingerprint density at radius 2 is 1.95 bits per heavy atom. The molecule has 3 rings (SSSR count). The number of allylic oxidation sites excluding steroid dienone is 1. The van der Waals surface area contributed by atoms with Gasteiger partial charge in [0, 0.05) is 18.3 Å². The summed E-state index contributed by atoms with van der Waals surface area (Å²) in [6, 6.07) is 0. The maximum Gasteiger partial charge on any atom is 0.340 e. The highest BCUT2D eigenvalue weighted by molar-refractivity contribution is 5.90. The van der Waals surface area contributed by atoms with Crippen LogP contribution in [0.15, 0.2) is 36.1 Å². The summed E-state index contributed by atoms with van der Waals surface area (Å²) in [6.07, 6.45) is -3.16. The Morgan fingerprint density at radius 1 is 1.21 bits per heavy atom. The molecule has 2 fully saturated rings. The van der Waals surface area contributed by atoms with Gasteiger partial charge in [-0.25, -0.2) is 4.79 Å². The Bertz CT molecular complexity index is 899. The standard InChI is InChI=1S/C26H38O12/c1-4-15-16-10-19(36-23(32)14(3)7-5-6-13(2)8-9-27)37-24(33)17(16)12-34-25(15)38-26-22(31)21(30)20(29)18(11-28)35-26/h4,8,12,14-16,18-22,25-31H,1,5-7,9-11H2,2-3H3/b13-8+/t14?,15?,16?,18-,19?,20-,21+,22-,25?,26+/m1/s1. The van der Waals surface area contributed by atoms with Gasteiger partial charge in [0.2, 0.25) is 12.6 Å². The van der Waals surface area contributed by atoms with Crippen molar-refractivity contribution >= 4 is 11.9 Å². The normalized spacial score (nSPS) is 36.3. The minimum atomic E-state index is -1.64. The van der Waals surface area contributed by atoms with Crippen LogP contribution >= 0.6 is 0 Å². The molecule has 12 nitrogen and oxygen atoms in total. The third kappa shape index (κ3) is 7.00. The van der Waals surface area contributed by atoms with Crippen LogP contribution in [0, 0.1) is 17.8 Å². The van der Waals surface area contributed by atoms with E-state index in [0.29, 0.717) is 6.42 Å². The molecule has 0 aromatic carbocycles. The Morgan fingerprint density at radius 3 is 2.61 bits per heavy atom. The second-order valence-corrected chi connectivity index (χ2v) is 9.86. The lowest BCUT2D eigenvalue weighted by Crippen LogP contribution is -2.60. The van der Waals surface area contributed by atoms with Crippen molar-refractivity contribution in [3.63, 3.8) is 0 Å². The minimum Gasteiger partial charge on any atom is -0.471 e. The third-order valence-electron chi connectivity index (χ3n) is 7.11. The Labute approximate surface area is 221 Å². The van der Waals surface area contributed by atoms with Crippen molar-refractivity contribution in [3.8, 4) is 0 Å². The zero-order valence-corrected chi connectivity index (χ0v) is 21.5. The summed E-state index contributed by atoms with van der Waals surface area (Å²) in [7, 11) is 0. The van der Waals surface area contributed by atoms with Crippen molar-refractivity contribution in [1.82, 2.24) is 0 Å². The summed E-state index contributed by atoms with van der Waals surface area (Å²) in [6.45, 7) is 6.78. The van der Waals surface area contributed by atoms with E-state index in [1.807, 2.05) is 6.92 Å². The predicted octanol–water partition coefficient (Wildman–Crippen LogP) is 0.0227. The number of ether oxygens (including phenoxy) is 5. The van der Waals surface area contributed by atoms with Gasteiger partial charge in [0.05, 0.1) is 31.0 Å². The molecular formula is C26H38O12. The molecule has 0 spiro atoms. The lowest BCUT2D eigenvalue weighted by Gasteiger charge is -2.44. The van der Waals surface area contributed by atoms with E-state index >= 15 is 0 Å². The van der Waals surface area contributed by atoms with Crippen molar-refractivity contribution in [3.05, 3.63) is 36.1 Å². The molecule has 10 atom stereocenters. The highest BCUT2D eigenvalue weighted by Gasteiger charge is 2.49. The van der Waals surface area contributed by atoms with E-state index in [0.717, 1.165) is 18.4 Å². The fraction of sp³-hybridized carbons (Fsp3) is 0.692. The molecule has 0 saturated carbocycles. The summed E-state index contributed by atoms with van der Waals surface area (Å²) < 4.78 is 27.5. The van der Waals surface area contributed by atoms with Gasteiger partial charge in [-0.2, -0.15) is 0 Å². The highest BCUT2D eigenvalue weighted by Crippen LogP contribution is 2.41. The smallest absolute Gasteiger partial charge is 0.340 e. The van der Waals surface area contributed by atoms with Crippen LogP contribution < -0.4 is 0 Å². The molecule has 3 heterocycles. The van der Waals surface area contributed by atoms with Gasteiger partial charge in [0.15, 0.2) is 6.29 Å². The number of esters is 2. The summed E-state index contributed by atoms with van der Waals surface area (Å²) in [5.41, 5.74) is 1.24. The van der Waals surface area contributed by atoms with Crippen LogP contribution in [-0.2, 0) is 33.3 Å². The van der Waals surface area contributed by atoms with Crippen LogP contribution in [0.4, 0.5) is 0 Å². The summed E-state index contributed by atoms with van der Waals surface area (Å²) in [5, 5.41) is 48.7. The van der Waals surface area contributed by atoms with Gasteiger partial charge in [-0.3, -0.25) is 4.79 Å². The molecule has 2 saturated heterocycles. The number of carbonyl (C=O) groups excluding carboxylic acids is 2. The van der Waals surface area contributed by atoms with Crippen LogP contribution in [-0.4, -0.2) is 94.0 Å². The first kappa shape index (κ1) is 30.2. The molecule has 12 heteroatoms. The fourth-order valence-electron chi connectivity index (χ4n) is 4.73. The minimum absolute atomic E-state index is 0.0285. The molecule has 5 N–H and O–H groups in total. The molecule has 38 heavy (non-hydrogen) atoms. The number of cyclic esters (lactones) is 1. The molecule has 0 aromatic rings. The first-order chi connectivity index (χ1) is 18.1. The van der Waals surface area contributed by atoms with Crippen LogP contribution in [0.1, 0.15) is 39.5 Å². The number of aliphatic hydroxyl groups is 5. The van der Waals surface area contributed by atoms with Crippen molar-refractivity contribution in [2.24, 2.45) is 17.8 Å². The first-order valence-corrected chi connectivity index (χ1v) is 12.7. The molecule has 0 bridgehead atoms. The molecule has 0 amide bonds. The van der Waals surface area contributed by atoms with Crippen LogP contribution in [0.25, 0.3) is 0 Å². The highest BCUT2D eigenvalue weighted by atomic mass is 16.8. The second kappa shape index (κ2) is 13.7. The van der Waals surface area contributed by atoms with E-state index in [9.17, 15) is 30.0 Å². The number of fused-ring (bicyclic) bond motifs is 1. The van der Waals surface area contributed by atoms with E-state index in [4.69, 9.17) is 28.8 Å². The predicted molar refractivity (Wildman–Crippen MR) is 129 cm³/mol. The topological polar surface area (TPSA) is 181 Å². The lowest BCUT2D eigenvalue weighted by atomic mass is 9.80. The molecule has 0 aromatic heterocycles. The Kier molecular flexibility index (Phi) is 10.9. The van der Waals surface area contributed by atoms with Crippen molar-refractivity contribution in [1.29, 1.82) is 0 Å². The molecule has 0 aliphatic carbocycles. The summed E-state index contributed by atoms with van der Waals surface area (Å²) in [5.74, 6) is -2.86. The van der Waals surface area contributed by atoms with E-state index in [1.54, 1.807) is 13.0 Å². The molecule has 5 unspecified atom stereocenters. The lowest BCUT2D eigenvalue weighted by molar-refractivity contribution is -0.340. The largest absolute Gasteiger partial charge is 0.471 e. The third-order valence-corrected chi connectivity index (χ3v) is 7.11. The van der Waals surface area contributed by atoms with Gasteiger partial charge in [-0.15, -0.1) is 6.58 Å². The van der Waals surface area contributed by atoms with Crippen LogP contribution in [0.2, 0.25) is 0 Å². The van der Waals surface area contributed by atoms with E-state index in [1.165, 1.54) is 12.3 Å². The van der Waals surface area contributed by atoms with Gasteiger partial charge in [0.1, 0.15) is 24.4 Å². The van der Waals surface area contributed by atoms with Gasteiger partial charge in [-0.05, 0) is 26.2 Å². The molecule has 214 valence electrons. The first-order valence-electron chi connectivity index (χ1n) is 12.7. The zero-order valence-electron chi connectivity index (χ0n) is 21.5. The number of carbonyl (C=O) groups is 2. The fourth-order valence-corrected chi connectivity index (χ4v) is 4.73. The molecular weight excluding hydrogens is 504 g/mol. The van der Waals surface area contributed by atoms with Crippen molar-refractivity contribution < 1.29 is 58.8 Å². The van der Waals surface area contributed by atoms with E-state index in [2.05, 4.69) is 6.58 Å². The number of hydrogen-bond acceptors (Lipinski definition) is 12. The number of hydrogen-bond donors (Lipinski definition) is 5. The van der Waals surface area contributed by atoms with Crippen LogP contribution in [0.3, 0.4) is 0 Å². The van der Waals surface area contributed by atoms with Gasteiger partial charge >= 0.3 is 11.9 Å². The molecule has 3 aliphatic rings. The van der Waals surface area contributed by atoms with E-state index in [-0.39, 0.29) is 18.6 Å². The number of rotatable bonds is 11. The SMILES string of the molecule is C=CC1C(O[C@@H]2O[C@H](CO)[C@@H](O)[C@H](O)[C@H]2O)OC=C2C(=O)OC(OC(=O)C(C)CCC/C(C)=C/CO)CC21. The second-order valence-electron chi connectivity index (χ2n) is 9.86. The monoisotopic (exact) mass is 542 g/mol. The maximum atomic E-state index is 12.7.